The van der Waals surface area contributed by atoms with Gasteiger partial charge in [-0.05, 0) is 13.5 Å². The fraction of sp³-hybridized carbons (Fsp3) is 0.800. The van der Waals surface area contributed by atoms with Gasteiger partial charge in [0.25, 0.3) is 0 Å². The summed E-state index contributed by atoms with van der Waals surface area (Å²) in [5.41, 5.74) is 1.03. The molecule has 0 radical (unpaired) electrons. The van der Waals surface area contributed by atoms with Crippen LogP contribution in [0.1, 0.15) is 19.0 Å². The van der Waals surface area contributed by atoms with Crippen molar-refractivity contribution in [3.63, 3.8) is 0 Å². The molecule has 0 aliphatic heterocycles. The third kappa shape index (κ3) is 4.42. The minimum Gasteiger partial charge on any atom is -0.383 e. The minimum atomic E-state index is 0.742. The first-order chi connectivity index (χ1) is 7.77. The average Bonchev–Trinajstić information content (AvgIpc) is 2.71. The van der Waals surface area contributed by atoms with Crippen LogP contribution in [0.15, 0.2) is 0 Å². The van der Waals surface area contributed by atoms with Crippen molar-refractivity contribution in [2.24, 2.45) is 0 Å². The summed E-state index contributed by atoms with van der Waals surface area (Å²) < 4.78 is 9.02. The molecular formula is C10H20N4OS. The number of aromatic nitrogens is 2. The van der Waals surface area contributed by atoms with E-state index in [4.69, 9.17) is 4.74 Å². The lowest BCUT2D eigenvalue weighted by Gasteiger charge is -2.15. The fourth-order valence-corrected chi connectivity index (χ4v) is 1.87. The number of hydrogen-bond acceptors (Lipinski definition) is 6. The van der Waals surface area contributed by atoms with Gasteiger partial charge >= 0.3 is 0 Å². The maximum absolute atomic E-state index is 5.04. The Morgan fingerprint density at radius 2 is 2.31 bits per heavy atom. The molecule has 1 heterocycles. The Morgan fingerprint density at radius 3 is 3.00 bits per heavy atom. The molecule has 92 valence electrons. The average molecular weight is 244 g/mol. The largest absolute Gasteiger partial charge is 0.383 e. The van der Waals surface area contributed by atoms with E-state index < -0.39 is 0 Å². The molecule has 0 saturated heterocycles. The van der Waals surface area contributed by atoms with Gasteiger partial charge in [0.2, 0.25) is 0 Å². The predicted octanol–water partition coefficient (Wildman–Crippen LogP) is 1.44. The minimum absolute atomic E-state index is 0.742. The molecule has 5 nitrogen and oxygen atoms in total. The van der Waals surface area contributed by atoms with Gasteiger partial charge in [0.15, 0.2) is 0 Å². The third-order valence-electron chi connectivity index (χ3n) is 2.19. The van der Waals surface area contributed by atoms with Crippen LogP contribution in [0.3, 0.4) is 0 Å². The normalized spacial score (nSPS) is 11.0. The molecule has 1 rings (SSSR count). The monoisotopic (exact) mass is 244 g/mol. The standard InChI is InChI=1S/C10H20N4OS/c1-4-5-11-10-9(12-13-16-10)8-14(2)6-7-15-3/h11H,4-8H2,1-3H3. The van der Waals surface area contributed by atoms with Crippen LogP contribution in [0, 0.1) is 0 Å². The summed E-state index contributed by atoms with van der Waals surface area (Å²) in [6.45, 7) is 5.57. The van der Waals surface area contributed by atoms with Gasteiger partial charge in [0.1, 0.15) is 10.7 Å². The molecule has 0 bridgehead atoms. The van der Waals surface area contributed by atoms with Crippen molar-refractivity contribution in [1.82, 2.24) is 14.5 Å². The molecule has 0 unspecified atom stereocenters. The SMILES string of the molecule is CCCNc1snnc1CN(C)CCOC. The lowest BCUT2D eigenvalue weighted by Crippen LogP contribution is -2.23. The molecule has 0 amide bonds. The molecule has 0 saturated carbocycles. The smallest absolute Gasteiger partial charge is 0.134 e. The Hall–Kier alpha value is -0.720. The van der Waals surface area contributed by atoms with Gasteiger partial charge in [-0.25, -0.2) is 0 Å². The van der Waals surface area contributed by atoms with Crippen molar-refractivity contribution in [2.75, 3.05) is 39.2 Å². The van der Waals surface area contributed by atoms with Gasteiger partial charge in [-0.3, -0.25) is 4.90 Å². The van der Waals surface area contributed by atoms with Gasteiger partial charge in [-0.2, -0.15) is 0 Å². The Labute approximate surface area is 101 Å². The maximum Gasteiger partial charge on any atom is 0.134 e. The van der Waals surface area contributed by atoms with Gasteiger partial charge in [0, 0.05) is 38.3 Å². The molecule has 0 aliphatic rings. The van der Waals surface area contributed by atoms with Crippen molar-refractivity contribution >= 4 is 16.5 Å². The predicted molar refractivity (Wildman–Crippen MR) is 66.9 cm³/mol. The second kappa shape index (κ2) is 7.54. The van der Waals surface area contributed by atoms with E-state index in [0.29, 0.717) is 0 Å². The number of likely N-dealkylation sites (N-methyl/N-ethyl adjacent to an activating group) is 1. The lowest BCUT2D eigenvalue weighted by molar-refractivity contribution is 0.158. The van der Waals surface area contributed by atoms with Gasteiger partial charge in [-0.1, -0.05) is 11.4 Å². The molecule has 1 aromatic rings. The highest BCUT2D eigenvalue weighted by Crippen LogP contribution is 2.18. The van der Waals surface area contributed by atoms with Crippen LogP contribution in [0.4, 0.5) is 5.00 Å². The van der Waals surface area contributed by atoms with Crippen LogP contribution >= 0.6 is 11.5 Å². The quantitative estimate of drug-likeness (QED) is 0.750. The molecular weight excluding hydrogens is 224 g/mol. The van der Waals surface area contributed by atoms with E-state index in [1.54, 1.807) is 7.11 Å². The molecule has 0 atom stereocenters. The van der Waals surface area contributed by atoms with Crippen LogP contribution in [0.2, 0.25) is 0 Å². The van der Waals surface area contributed by atoms with E-state index >= 15 is 0 Å². The molecule has 1 aromatic heterocycles. The van der Waals surface area contributed by atoms with E-state index in [1.807, 2.05) is 0 Å². The first-order valence-corrected chi connectivity index (χ1v) is 6.27. The topological polar surface area (TPSA) is 50.3 Å². The first-order valence-electron chi connectivity index (χ1n) is 5.50. The zero-order valence-electron chi connectivity index (χ0n) is 10.2. The summed E-state index contributed by atoms with van der Waals surface area (Å²) in [6, 6.07) is 0. The second-order valence-electron chi connectivity index (χ2n) is 3.71. The van der Waals surface area contributed by atoms with Crippen LogP contribution in [-0.2, 0) is 11.3 Å². The number of ether oxygens (including phenoxy) is 1. The van der Waals surface area contributed by atoms with Crippen molar-refractivity contribution in [1.29, 1.82) is 0 Å². The van der Waals surface area contributed by atoms with Crippen molar-refractivity contribution in [3.8, 4) is 0 Å². The summed E-state index contributed by atoms with van der Waals surface area (Å²) in [6.07, 6.45) is 1.11. The zero-order chi connectivity index (χ0) is 11.8. The highest BCUT2D eigenvalue weighted by molar-refractivity contribution is 7.10. The van der Waals surface area contributed by atoms with Crippen molar-refractivity contribution in [2.45, 2.75) is 19.9 Å². The molecule has 6 heteroatoms. The van der Waals surface area contributed by atoms with Gasteiger partial charge < -0.3 is 10.1 Å². The van der Waals surface area contributed by atoms with E-state index in [9.17, 15) is 0 Å². The Balaban J connectivity index is 2.42. The highest BCUT2D eigenvalue weighted by atomic mass is 32.1. The molecule has 0 spiro atoms. The summed E-state index contributed by atoms with van der Waals surface area (Å²) in [5.74, 6) is 0. The third-order valence-corrected chi connectivity index (χ3v) is 2.91. The van der Waals surface area contributed by atoms with E-state index in [1.165, 1.54) is 11.5 Å². The van der Waals surface area contributed by atoms with Gasteiger partial charge in [-0.15, -0.1) is 5.10 Å². The zero-order valence-corrected chi connectivity index (χ0v) is 11.0. The number of methoxy groups -OCH3 is 1. The van der Waals surface area contributed by atoms with Gasteiger partial charge in [0.05, 0.1) is 6.61 Å². The number of nitrogens with one attached hydrogen (secondary N) is 1. The molecule has 0 aliphatic carbocycles. The molecule has 0 aromatic carbocycles. The Bertz CT molecular complexity index is 292. The number of nitrogens with zero attached hydrogens (tertiary/aromatic N) is 3. The Morgan fingerprint density at radius 1 is 1.50 bits per heavy atom. The van der Waals surface area contributed by atoms with E-state index in [-0.39, 0.29) is 0 Å². The molecule has 1 N–H and O–H groups in total. The molecule has 0 fully saturated rings. The second-order valence-corrected chi connectivity index (χ2v) is 4.46. The maximum atomic E-state index is 5.04. The number of hydrogen-bond donors (Lipinski definition) is 1. The summed E-state index contributed by atoms with van der Waals surface area (Å²) in [7, 11) is 3.77. The van der Waals surface area contributed by atoms with Crippen LogP contribution in [0.25, 0.3) is 0 Å². The number of rotatable bonds is 8. The summed E-state index contributed by atoms with van der Waals surface area (Å²) in [5, 5.41) is 8.57. The lowest BCUT2D eigenvalue weighted by atomic mass is 10.4. The first kappa shape index (κ1) is 13.3. The van der Waals surface area contributed by atoms with Crippen molar-refractivity contribution in [3.05, 3.63) is 5.69 Å². The van der Waals surface area contributed by atoms with Crippen LogP contribution < -0.4 is 5.32 Å². The summed E-state index contributed by atoms with van der Waals surface area (Å²) >= 11 is 1.43. The van der Waals surface area contributed by atoms with Crippen LogP contribution in [-0.4, -0.2) is 48.3 Å². The van der Waals surface area contributed by atoms with E-state index in [0.717, 1.165) is 43.4 Å². The number of anilines is 1. The van der Waals surface area contributed by atoms with E-state index in [2.05, 4.69) is 33.8 Å². The Kier molecular flexibility index (Phi) is 6.29. The van der Waals surface area contributed by atoms with Crippen LogP contribution in [0.5, 0.6) is 0 Å². The molecule has 16 heavy (non-hydrogen) atoms. The summed E-state index contributed by atoms with van der Waals surface area (Å²) in [4.78, 5) is 2.18. The van der Waals surface area contributed by atoms with Crippen molar-refractivity contribution < 1.29 is 4.74 Å². The highest BCUT2D eigenvalue weighted by Gasteiger charge is 2.09. The fourth-order valence-electron chi connectivity index (χ4n) is 1.27.